The molecule has 0 aliphatic carbocycles. The highest BCUT2D eigenvalue weighted by Gasteiger charge is 2.08. The number of halogens is 2. The number of rotatable bonds is 4. The van der Waals surface area contributed by atoms with E-state index in [0.717, 1.165) is 20.3 Å². The van der Waals surface area contributed by atoms with Gasteiger partial charge in [-0.15, -0.1) is 0 Å². The molecule has 2 rings (SSSR count). The lowest BCUT2D eigenvalue weighted by Gasteiger charge is -2.11. The Hall–Kier alpha value is -1.20. The highest BCUT2D eigenvalue weighted by atomic mass is 79.9. The number of anilines is 1. The molecule has 0 unspecified atom stereocenters. The van der Waals surface area contributed by atoms with Crippen LogP contribution >= 0.6 is 31.9 Å². The lowest BCUT2D eigenvalue weighted by Crippen LogP contribution is -1.99. The van der Waals surface area contributed by atoms with Crippen molar-refractivity contribution >= 4 is 37.5 Å². The van der Waals surface area contributed by atoms with Crippen LogP contribution in [0, 0.1) is 0 Å². The second kappa shape index (κ2) is 6.30. The molecule has 0 aliphatic rings. The summed E-state index contributed by atoms with van der Waals surface area (Å²) in [6, 6.07) is 11.4. The Balaban J connectivity index is 2.10. The largest absolute Gasteiger partial charge is 0.497 e. The molecule has 0 atom stereocenters. The van der Waals surface area contributed by atoms with Gasteiger partial charge < -0.3 is 15.2 Å². The number of ether oxygens (including phenoxy) is 2. The van der Waals surface area contributed by atoms with Crippen LogP contribution in [-0.2, 0) is 6.61 Å². The van der Waals surface area contributed by atoms with E-state index in [1.54, 1.807) is 7.11 Å². The van der Waals surface area contributed by atoms with Crippen LogP contribution in [0.5, 0.6) is 11.5 Å². The van der Waals surface area contributed by atoms with E-state index in [4.69, 9.17) is 15.2 Å². The van der Waals surface area contributed by atoms with Gasteiger partial charge in [-0.25, -0.2) is 0 Å². The summed E-state index contributed by atoms with van der Waals surface area (Å²) >= 11 is 6.82. The third kappa shape index (κ3) is 3.64. The number of nitrogen functional groups attached to an aromatic ring is 1. The fourth-order valence-electron chi connectivity index (χ4n) is 1.61. The molecule has 0 heterocycles. The average Bonchev–Trinajstić information content (AvgIpc) is 2.38. The molecule has 19 heavy (non-hydrogen) atoms. The molecule has 2 aromatic rings. The van der Waals surface area contributed by atoms with Crippen molar-refractivity contribution in [3.8, 4) is 11.5 Å². The number of hydrogen-bond acceptors (Lipinski definition) is 3. The van der Waals surface area contributed by atoms with Gasteiger partial charge >= 0.3 is 0 Å². The first-order valence-electron chi connectivity index (χ1n) is 5.60. The normalized spacial score (nSPS) is 10.3. The van der Waals surface area contributed by atoms with Crippen LogP contribution < -0.4 is 15.2 Å². The Morgan fingerprint density at radius 3 is 2.37 bits per heavy atom. The Bertz CT molecular complexity index is 547. The van der Waals surface area contributed by atoms with Crippen LogP contribution in [0.15, 0.2) is 45.3 Å². The molecule has 0 saturated heterocycles. The molecule has 3 nitrogen and oxygen atoms in total. The van der Waals surface area contributed by atoms with Crippen LogP contribution in [-0.4, -0.2) is 7.11 Å². The fraction of sp³-hybridized carbons (Fsp3) is 0.143. The van der Waals surface area contributed by atoms with E-state index in [1.165, 1.54) is 0 Å². The molecule has 0 fully saturated rings. The van der Waals surface area contributed by atoms with E-state index in [0.29, 0.717) is 18.0 Å². The lowest BCUT2D eigenvalue weighted by atomic mass is 10.2. The molecule has 0 amide bonds. The average molecular weight is 387 g/mol. The topological polar surface area (TPSA) is 44.5 Å². The molecule has 0 aliphatic heterocycles. The molecule has 0 radical (unpaired) electrons. The van der Waals surface area contributed by atoms with Gasteiger partial charge in [0.25, 0.3) is 0 Å². The molecule has 0 aromatic heterocycles. The first kappa shape index (κ1) is 14.2. The number of nitrogens with two attached hydrogens (primary N) is 1. The third-order valence-electron chi connectivity index (χ3n) is 2.58. The van der Waals surface area contributed by atoms with Crippen molar-refractivity contribution < 1.29 is 9.47 Å². The number of hydrogen-bond donors (Lipinski definition) is 1. The first-order chi connectivity index (χ1) is 9.10. The number of benzene rings is 2. The second-order valence-corrected chi connectivity index (χ2v) is 5.71. The summed E-state index contributed by atoms with van der Waals surface area (Å²) in [4.78, 5) is 0. The van der Waals surface area contributed by atoms with E-state index in [9.17, 15) is 0 Å². The minimum absolute atomic E-state index is 0.453. The smallest absolute Gasteiger partial charge is 0.156 e. The maximum absolute atomic E-state index is 5.93. The lowest BCUT2D eigenvalue weighted by molar-refractivity contribution is 0.305. The van der Waals surface area contributed by atoms with Crippen molar-refractivity contribution in [1.82, 2.24) is 0 Å². The molecule has 0 saturated carbocycles. The summed E-state index contributed by atoms with van der Waals surface area (Å²) < 4.78 is 12.6. The van der Waals surface area contributed by atoms with Crippen molar-refractivity contribution in [2.45, 2.75) is 6.61 Å². The van der Waals surface area contributed by atoms with Crippen LogP contribution in [0.1, 0.15) is 5.56 Å². The molecule has 2 aromatic carbocycles. The van der Waals surface area contributed by atoms with Gasteiger partial charge in [0.2, 0.25) is 0 Å². The summed E-state index contributed by atoms with van der Waals surface area (Å²) in [6.45, 7) is 0.453. The van der Waals surface area contributed by atoms with Gasteiger partial charge in [0.15, 0.2) is 5.75 Å². The van der Waals surface area contributed by atoms with Crippen LogP contribution in [0.4, 0.5) is 5.69 Å². The summed E-state index contributed by atoms with van der Waals surface area (Å²) in [5.74, 6) is 1.48. The van der Waals surface area contributed by atoms with Gasteiger partial charge in [-0.05, 0) is 45.8 Å². The molecule has 5 heteroatoms. The molecule has 100 valence electrons. The van der Waals surface area contributed by atoms with E-state index in [-0.39, 0.29) is 0 Å². The Morgan fingerprint density at radius 2 is 1.79 bits per heavy atom. The predicted molar refractivity (Wildman–Crippen MR) is 83.6 cm³/mol. The Labute approximate surface area is 129 Å². The zero-order chi connectivity index (χ0) is 13.8. The van der Waals surface area contributed by atoms with Crippen molar-refractivity contribution in [2.75, 3.05) is 12.8 Å². The second-order valence-electron chi connectivity index (χ2n) is 3.94. The van der Waals surface area contributed by atoms with Gasteiger partial charge in [0.1, 0.15) is 12.4 Å². The molecule has 0 spiro atoms. The first-order valence-corrected chi connectivity index (χ1v) is 7.19. The zero-order valence-corrected chi connectivity index (χ0v) is 13.5. The quantitative estimate of drug-likeness (QED) is 0.793. The van der Waals surface area contributed by atoms with Crippen molar-refractivity contribution in [3.63, 3.8) is 0 Å². The summed E-state index contributed by atoms with van der Waals surface area (Å²) in [6.07, 6.45) is 0. The minimum Gasteiger partial charge on any atom is -0.497 e. The molecule has 0 bridgehead atoms. The standard InChI is InChI=1S/C14H13Br2NO2/c1-18-11-4-2-9(3-5-11)8-19-14-12(16)6-10(15)7-13(14)17/h2-7H,8,17H2,1H3. The maximum atomic E-state index is 5.93. The van der Waals surface area contributed by atoms with Gasteiger partial charge in [-0.3, -0.25) is 0 Å². The third-order valence-corrected chi connectivity index (χ3v) is 3.63. The molecular formula is C14H13Br2NO2. The summed E-state index contributed by atoms with van der Waals surface area (Å²) in [5.41, 5.74) is 7.57. The summed E-state index contributed by atoms with van der Waals surface area (Å²) in [5, 5.41) is 0. The van der Waals surface area contributed by atoms with E-state index >= 15 is 0 Å². The van der Waals surface area contributed by atoms with Gasteiger partial charge in [-0.2, -0.15) is 0 Å². The van der Waals surface area contributed by atoms with E-state index in [2.05, 4.69) is 31.9 Å². The molecule has 2 N–H and O–H groups in total. The zero-order valence-electron chi connectivity index (χ0n) is 10.3. The van der Waals surface area contributed by atoms with Crippen molar-refractivity contribution in [3.05, 3.63) is 50.9 Å². The predicted octanol–water partition coefficient (Wildman–Crippen LogP) is 4.38. The maximum Gasteiger partial charge on any atom is 0.156 e. The van der Waals surface area contributed by atoms with Crippen molar-refractivity contribution in [2.24, 2.45) is 0 Å². The van der Waals surface area contributed by atoms with E-state index < -0.39 is 0 Å². The highest BCUT2D eigenvalue weighted by Crippen LogP contribution is 2.35. The van der Waals surface area contributed by atoms with Crippen LogP contribution in [0.25, 0.3) is 0 Å². The van der Waals surface area contributed by atoms with Gasteiger partial charge in [-0.1, -0.05) is 28.1 Å². The number of methoxy groups -OCH3 is 1. The highest BCUT2D eigenvalue weighted by molar-refractivity contribution is 9.11. The fourth-order valence-corrected chi connectivity index (χ4v) is 2.98. The monoisotopic (exact) mass is 385 g/mol. The molecular weight excluding hydrogens is 374 g/mol. The SMILES string of the molecule is COc1ccc(COc2c(N)cc(Br)cc2Br)cc1. The minimum atomic E-state index is 0.453. The summed E-state index contributed by atoms with van der Waals surface area (Å²) in [7, 11) is 1.64. The van der Waals surface area contributed by atoms with Gasteiger partial charge in [0, 0.05) is 4.47 Å². The van der Waals surface area contributed by atoms with Crippen molar-refractivity contribution in [1.29, 1.82) is 0 Å². The van der Waals surface area contributed by atoms with Gasteiger partial charge in [0.05, 0.1) is 17.3 Å². The van der Waals surface area contributed by atoms with Crippen LogP contribution in [0.2, 0.25) is 0 Å². The van der Waals surface area contributed by atoms with E-state index in [1.807, 2.05) is 36.4 Å². The Kier molecular flexibility index (Phi) is 4.71. The van der Waals surface area contributed by atoms with Crippen LogP contribution in [0.3, 0.4) is 0 Å². The Morgan fingerprint density at radius 1 is 1.11 bits per heavy atom.